The van der Waals surface area contributed by atoms with Crippen molar-refractivity contribution in [1.29, 1.82) is 0 Å². The molecule has 1 aliphatic heterocycles. The normalized spacial score (nSPS) is 20.5. The lowest BCUT2D eigenvalue weighted by Crippen LogP contribution is -2.36. The standard InChI is InChI=1S/C12H14N2O3S/c1-6-11(15)14(2)8-4-3-7(5-9(8)18-6)10(13)12(16)17/h3-6,10H,13H2,1-2H3,(H,16,17). The second-order valence-corrected chi connectivity index (χ2v) is 5.58. The number of hydrogen-bond donors (Lipinski definition) is 2. The van der Waals surface area contributed by atoms with Gasteiger partial charge in [0, 0.05) is 11.9 Å². The maximum Gasteiger partial charge on any atom is 0.325 e. The van der Waals surface area contributed by atoms with E-state index >= 15 is 0 Å². The highest BCUT2D eigenvalue weighted by molar-refractivity contribution is 8.01. The molecule has 0 fully saturated rings. The second kappa shape index (κ2) is 4.62. The molecule has 0 radical (unpaired) electrons. The van der Waals surface area contributed by atoms with Crippen LogP contribution in [0.2, 0.25) is 0 Å². The summed E-state index contributed by atoms with van der Waals surface area (Å²) in [6, 6.07) is 4.11. The highest BCUT2D eigenvalue weighted by Gasteiger charge is 2.29. The molecule has 0 saturated heterocycles. The number of carbonyl (C=O) groups excluding carboxylic acids is 1. The molecule has 2 rings (SSSR count). The number of carboxylic acid groups (broad SMARTS) is 1. The zero-order valence-corrected chi connectivity index (χ0v) is 10.9. The number of carboxylic acids is 1. The number of anilines is 1. The van der Waals surface area contributed by atoms with E-state index in [4.69, 9.17) is 10.8 Å². The Morgan fingerprint density at radius 3 is 2.83 bits per heavy atom. The lowest BCUT2D eigenvalue weighted by molar-refractivity contribution is -0.138. The number of rotatable bonds is 2. The van der Waals surface area contributed by atoms with E-state index in [1.807, 2.05) is 6.92 Å². The minimum atomic E-state index is -1.06. The Morgan fingerprint density at radius 1 is 1.56 bits per heavy atom. The number of nitrogens with two attached hydrogens (primary N) is 1. The molecule has 1 aliphatic rings. The highest BCUT2D eigenvalue weighted by Crippen LogP contribution is 2.39. The Hall–Kier alpha value is -1.53. The maximum absolute atomic E-state index is 11.8. The van der Waals surface area contributed by atoms with Crippen LogP contribution >= 0.6 is 11.8 Å². The van der Waals surface area contributed by atoms with Crippen molar-refractivity contribution in [2.24, 2.45) is 5.73 Å². The predicted octanol–water partition coefficient (Wildman–Crippen LogP) is 1.23. The molecule has 1 amide bonds. The largest absolute Gasteiger partial charge is 0.480 e. The summed E-state index contributed by atoms with van der Waals surface area (Å²) in [6.07, 6.45) is 0. The maximum atomic E-state index is 11.8. The topological polar surface area (TPSA) is 83.6 Å². The van der Waals surface area contributed by atoms with Gasteiger partial charge >= 0.3 is 5.97 Å². The fraction of sp³-hybridized carbons (Fsp3) is 0.333. The minimum Gasteiger partial charge on any atom is -0.480 e. The van der Waals surface area contributed by atoms with Gasteiger partial charge in [0.15, 0.2) is 0 Å². The van der Waals surface area contributed by atoms with Crippen molar-refractivity contribution in [1.82, 2.24) is 0 Å². The summed E-state index contributed by atoms with van der Waals surface area (Å²) in [7, 11) is 1.72. The average Bonchev–Trinajstić information content (AvgIpc) is 2.34. The monoisotopic (exact) mass is 266 g/mol. The van der Waals surface area contributed by atoms with Crippen molar-refractivity contribution in [2.75, 3.05) is 11.9 Å². The average molecular weight is 266 g/mol. The van der Waals surface area contributed by atoms with Crippen LogP contribution < -0.4 is 10.6 Å². The number of fused-ring (bicyclic) bond motifs is 1. The van der Waals surface area contributed by atoms with Crippen molar-refractivity contribution in [3.05, 3.63) is 23.8 Å². The van der Waals surface area contributed by atoms with Crippen molar-refractivity contribution >= 4 is 29.3 Å². The first-order chi connectivity index (χ1) is 8.41. The summed E-state index contributed by atoms with van der Waals surface area (Å²) in [4.78, 5) is 25.1. The van der Waals surface area contributed by atoms with Gasteiger partial charge in [0.1, 0.15) is 6.04 Å². The van der Waals surface area contributed by atoms with E-state index in [2.05, 4.69) is 0 Å². The number of aliphatic carboxylic acids is 1. The van der Waals surface area contributed by atoms with Crippen LogP contribution in [0.4, 0.5) is 5.69 Å². The number of benzene rings is 1. The summed E-state index contributed by atoms with van der Waals surface area (Å²) in [5.41, 5.74) is 6.92. The zero-order valence-electron chi connectivity index (χ0n) is 10.1. The molecule has 0 saturated carbocycles. The third-order valence-electron chi connectivity index (χ3n) is 2.95. The van der Waals surface area contributed by atoms with Crippen LogP contribution in [0.5, 0.6) is 0 Å². The van der Waals surface area contributed by atoms with Gasteiger partial charge in [0.2, 0.25) is 5.91 Å². The number of carbonyl (C=O) groups is 2. The van der Waals surface area contributed by atoms with Gasteiger partial charge in [-0.1, -0.05) is 6.07 Å². The van der Waals surface area contributed by atoms with Crippen LogP contribution in [0.25, 0.3) is 0 Å². The molecule has 2 atom stereocenters. The Balaban J connectivity index is 2.42. The number of thioether (sulfide) groups is 1. The van der Waals surface area contributed by atoms with Crippen LogP contribution in [-0.2, 0) is 9.59 Å². The van der Waals surface area contributed by atoms with Gasteiger partial charge in [0.05, 0.1) is 10.9 Å². The summed E-state index contributed by atoms with van der Waals surface area (Å²) < 4.78 is 0. The first-order valence-electron chi connectivity index (χ1n) is 5.48. The molecular formula is C12H14N2O3S. The number of amides is 1. The first kappa shape index (κ1) is 12.9. The minimum absolute atomic E-state index is 0.0442. The van der Waals surface area contributed by atoms with Crippen LogP contribution in [0.1, 0.15) is 18.5 Å². The van der Waals surface area contributed by atoms with Gasteiger partial charge in [-0.05, 0) is 24.6 Å². The van der Waals surface area contributed by atoms with E-state index in [1.54, 1.807) is 30.1 Å². The SMILES string of the molecule is CC1Sc2cc(C(N)C(=O)O)ccc2N(C)C1=O. The number of nitrogens with zero attached hydrogens (tertiary/aromatic N) is 1. The molecular weight excluding hydrogens is 252 g/mol. The van der Waals surface area contributed by atoms with Gasteiger partial charge < -0.3 is 15.7 Å². The van der Waals surface area contributed by atoms with Crippen LogP contribution in [0, 0.1) is 0 Å². The molecule has 0 aromatic heterocycles. The lowest BCUT2D eigenvalue weighted by Gasteiger charge is -2.29. The lowest BCUT2D eigenvalue weighted by atomic mass is 10.1. The summed E-state index contributed by atoms with van der Waals surface area (Å²) in [5, 5.41) is 8.72. The molecule has 5 nitrogen and oxygen atoms in total. The molecule has 1 aromatic carbocycles. The Labute approximate surface area is 109 Å². The summed E-state index contributed by atoms with van der Waals surface area (Å²) >= 11 is 1.43. The van der Waals surface area contributed by atoms with Crippen molar-refractivity contribution < 1.29 is 14.7 Å². The van der Waals surface area contributed by atoms with Crippen molar-refractivity contribution in [3.8, 4) is 0 Å². The molecule has 0 aliphatic carbocycles. The van der Waals surface area contributed by atoms with Crippen molar-refractivity contribution in [3.63, 3.8) is 0 Å². The van der Waals surface area contributed by atoms with E-state index in [9.17, 15) is 9.59 Å². The molecule has 0 spiro atoms. The molecule has 96 valence electrons. The fourth-order valence-corrected chi connectivity index (χ4v) is 3.04. The second-order valence-electron chi connectivity index (χ2n) is 4.20. The Morgan fingerprint density at radius 2 is 2.22 bits per heavy atom. The van der Waals surface area contributed by atoms with Crippen LogP contribution in [0.15, 0.2) is 23.1 Å². The molecule has 1 aromatic rings. The Kier molecular flexibility index (Phi) is 3.32. The zero-order chi connectivity index (χ0) is 13.4. The molecule has 18 heavy (non-hydrogen) atoms. The molecule has 3 N–H and O–H groups in total. The Bertz CT molecular complexity index is 518. The highest BCUT2D eigenvalue weighted by atomic mass is 32.2. The predicted molar refractivity (Wildman–Crippen MR) is 69.7 cm³/mol. The van der Waals surface area contributed by atoms with E-state index < -0.39 is 12.0 Å². The number of hydrogen-bond acceptors (Lipinski definition) is 4. The van der Waals surface area contributed by atoms with E-state index in [-0.39, 0.29) is 11.2 Å². The van der Waals surface area contributed by atoms with Gasteiger partial charge in [0.25, 0.3) is 0 Å². The quantitative estimate of drug-likeness (QED) is 0.841. The fourth-order valence-electron chi connectivity index (χ4n) is 1.87. The van der Waals surface area contributed by atoms with E-state index in [1.165, 1.54) is 11.8 Å². The molecule has 1 heterocycles. The summed E-state index contributed by atoms with van der Waals surface area (Å²) in [5.74, 6) is -1.02. The van der Waals surface area contributed by atoms with E-state index in [0.717, 1.165) is 10.6 Å². The smallest absolute Gasteiger partial charge is 0.325 e. The molecule has 2 unspecified atom stereocenters. The van der Waals surface area contributed by atoms with Crippen molar-refractivity contribution in [2.45, 2.75) is 23.1 Å². The third-order valence-corrected chi connectivity index (χ3v) is 4.09. The van der Waals surface area contributed by atoms with Gasteiger partial charge in [-0.2, -0.15) is 0 Å². The van der Waals surface area contributed by atoms with Crippen LogP contribution in [0.3, 0.4) is 0 Å². The molecule has 0 bridgehead atoms. The third kappa shape index (κ3) is 2.09. The van der Waals surface area contributed by atoms with Gasteiger partial charge in [-0.3, -0.25) is 9.59 Å². The molecule has 6 heteroatoms. The first-order valence-corrected chi connectivity index (χ1v) is 6.36. The van der Waals surface area contributed by atoms with E-state index in [0.29, 0.717) is 5.56 Å². The van der Waals surface area contributed by atoms with Crippen LogP contribution in [-0.4, -0.2) is 29.3 Å². The van der Waals surface area contributed by atoms with Gasteiger partial charge in [-0.15, -0.1) is 11.8 Å². The van der Waals surface area contributed by atoms with Gasteiger partial charge in [-0.25, -0.2) is 0 Å². The summed E-state index contributed by atoms with van der Waals surface area (Å²) in [6.45, 7) is 1.83.